The summed E-state index contributed by atoms with van der Waals surface area (Å²) in [6.07, 6.45) is 0. The number of nitrogens with zero attached hydrogens (tertiary/aromatic N) is 2. The summed E-state index contributed by atoms with van der Waals surface area (Å²) < 4.78 is 0. The Morgan fingerprint density at radius 3 is 2.73 bits per heavy atom. The van der Waals surface area contributed by atoms with E-state index in [0.717, 1.165) is 10.9 Å². The van der Waals surface area contributed by atoms with Crippen LogP contribution in [0.2, 0.25) is 0 Å². The normalized spacial score (nSPS) is 20.5. The molecule has 0 aromatic heterocycles. The predicted molar refractivity (Wildman–Crippen MR) is 65.9 cm³/mol. The molecular weight excluding hydrogens is 206 g/mol. The van der Waals surface area contributed by atoms with E-state index in [1.54, 1.807) is 11.8 Å². The van der Waals surface area contributed by atoms with E-state index in [1.165, 1.54) is 5.56 Å². The van der Waals surface area contributed by atoms with Crippen LogP contribution in [0.4, 0.5) is 0 Å². The smallest absolute Gasteiger partial charge is 0.171 e. The molecule has 0 saturated heterocycles. The van der Waals surface area contributed by atoms with E-state index in [0.29, 0.717) is 6.04 Å². The maximum absolute atomic E-state index is 4.63. The third kappa shape index (κ3) is 2.73. The molecule has 0 aliphatic carbocycles. The van der Waals surface area contributed by atoms with Crippen molar-refractivity contribution in [2.24, 2.45) is 4.99 Å². The monoisotopic (exact) mass is 221 g/mol. The summed E-state index contributed by atoms with van der Waals surface area (Å²) in [5, 5.41) is 2.92. The molecule has 1 aliphatic heterocycles. The molecule has 1 atom stereocenters. The lowest BCUT2D eigenvalue weighted by Gasteiger charge is -2.11. The van der Waals surface area contributed by atoms with Crippen LogP contribution >= 0.6 is 11.8 Å². The highest BCUT2D eigenvalue weighted by Gasteiger charge is 2.19. The van der Waals surface area contributed by atoms with Crippen molar-refractivity contribution in [2.75, 3.05) is 19.8 Å². The minimum Gasteiger partial charge on any atom is -0.298 e. The molecule has 1 unspecified atom stereocenters. The molecule has 1 aromatic rings. The summed E-state index contributed by atoms with van der Waals surface area (Å²) in [4.78, 5) is 4.63. The van der Waals surface area contributed by atoms with Gasteiger partial charge in [0.05, 0.1) is 6.04 Å². The van der Waals surface area contributed by atoms with Gasteiger partial charge in [0.25, 0.3) is 0 Å². The second kappa shape index (κ2) is 4.68. The van der Waals surface area contributed by atoms with E-state index in [9.17, 15) is 0 Å². The minimum atomic E-state index is 0.304. The number of aliphatic imine (C=N–C) groups is 1. The van der Waals surface area contributed by atoms with E-state index in [-0.39, 0.29) is 0 Å². The van der Waals surface area contributed by atoms with Crippen molar-refractivity contribution in [2.45, 2.75) is 6.04 Å². The quantitative estimate of drug-likeness (QED) is 0.773. The van der Waals surface area contributed by atoms with Crippen molar-refractivity contribution in [1.82, 2.24) is 10.4 Å². The fraction of sp³-hybridized carbons (Fsp3) is 0.364. The average molecular weight is 221 g/mol. The largest absolute Gasteiger partial charge is 0.298 e. The Bertz CT molecular complexity index is 348. The number of benzene rings is 1. The van der Waals surface area contributed by atoms with Gasteiger partial charge in [0.1, 0.15) is 0 Å². The van der Waals surface area contributed by atoms with Crippen LogP contribution in [-0.4, -0.2) is 30.0 Å². The third-order valence-corrected chi connectivity index (χ3v) is 3.11. The second-order valence-corrected chi connectivity index (χ2v) is 4.69. The molecule has 0 saturated carbocycles. The molecule has 0 fully saturated rings. The van der Waals surface area contributed by atoms with Gasteiger partial charge in [0, 0.05) is 19.8 Å². The number of nitrogens with one attached hydrogen (secondary N) is 1. The molecular formula is C11H15N3S. The molecule has 1 aliphatic rings. The number of hydrogen-bond donors (Lipinski definition) is 1. The Labute approximate surface area is 94.5 Å². The van der Waals surface area contributed by atoms with Gasteiger partial charge in [-0.2, -0.15) is 0 Å². The second-order valence-electron chi connectivity index (χ2n) is 3.68. The van der Waals surface area contributed by atoms with Crippen LogP contribution in [0.5, 0.6) is 0 Å². The van der Waals surface area contributed by atoms with E-state index in [2.05, 4.69) is 34.7 Å². The van der Waals surface area contributed by atoms with Crippen LogP contribution in [0, 0.1) is 0 Å². The van der Waals surface area contributed by atoms with Gasteiger partial charge < -0.3 is 0 Å². The van der Waals surface area contributed by atoms with Crippen molar-refractivity contribution >= 4 is 16.9 Å². The van der Waals surface area contributed by atoms with Gasteiger partial charge in [-0.05, 0) is 5.56 Å². The predicted octanol–water partition coefficient (Wildman–Crippen LogP) is 1.90. The molecule has 0 amide bonds. The van der Waals surface area contributed by atoms with Crippen LogP contribution in [-0.2, 0) is 0 Å². The van der Waals surface area contributed by atoms with Crippen LogP contribution in [0.1, 0.15) is 11.6 Å². The molecule has 0 radical (unpaired) electrons. The molecule has 2 rings (SSSR count). The zero-order chi connectivity index (χ0) is 10.7. The third-order valence-electron chi connectivity index (χ3n) is 2.15. The molecule has 0 bridgehead atoms. The lowest BCUT2D eigenvalue weighted by molar-refractivity contribution is 0.365. The summed E-state index contributed by atoms with van der Waals surface area (Å²) in [5.74, 6) is 1.03. The number of amidine groups is 1. The summed E-state index contributed by atoms with van der Waals surface area (Å²) in [6.45, 7) is 0. The fourth-order valence-electron chi connectivity index (χ4n) is 1.47. The number of hydrazine groups is 1. The van der Waals surface area contributed by atoms with Gasteiger partial charge in [0.15, 0.2) is 5.17 Å². The van der Waals surface area contributed by atoms with Crippen LogP contribution in [0.25, 0.3) is 0 Å². The van der Waals surface area contributed by atoms with Crippen molar-refractivity contribution in [3.63, 3.8) is 0 Å². The number of thioether (sulfide) groups is 1. The highest BCUT2D eigenvalue weighted by atomic mass is 32.2. The lowest BCUT2D eigenvalue weighted by Crippen LogP contribution is -2.33. The van der Waals surface area contributed by atoms with Gasteiger partial charge in [-0.1, -0.05) is 42.1 Å². The van der Waals surface area contributed by atoms with Gasteiger partial charge in [-0.25, -0.2) is 5.01 Å². The summed E-state index contributed by atoms with van der Waals surface area (Å²) in [7, 11) is 3.94. The molecule has 1 N–H and O–H groups in total. The highest BCUT2D eigenvalue weighted by molar-refractivity contribution is 8.14. The number of rotatable bonds is 2. The Morgan fingerprint density at radius 2 is 2.07 bits per heavy atom. The first-order valence-electron chi connectivity index (χ1n) is 4.95. The first-order valence-corrected chi connectivity index (χ1v) is 5.94. The Morgan fingerprint density at radius 1 is 1.33 bits per heavy atom. The van der Waals surface area contributed by atoms with Crippen molar-refractivity contribution in [3.8, 4) is 0 Å². The molecule has 1 aromatic carbocycles. The Balaban J connectivity index is 2.06. The minimum absolute atomic E-state index is 0.304. The first-order chi connectivity index (χ1) is 7.25. The topological polar surface area (TPSA) is 27.6 Å². The standard InChI is InChI=1S/C11H15N3S/c1-14(2)13-11-12-10(8-15-11)9-6-4-3-5-7-9/h3-7,10H,8H2,1-2H3,(H,12,13). The highest BCUT2D eigenvalue weighted by Crippen LogP contribution is 2.29. The van der Waals surface area contributed by atoms with Crippen molar-refractivity contribution in [3.05, 3.63) is 35.9 Å². The summed E-state index contributed by atoms with van der Waals surface area (Å²) in [5.41, 5.74) is 4.48. The van der Waals surface area contributed by atoms with E-state index >= 15 is 0 Å². The average Bonchev–Trinajstić information content (AvgIpc) is 2.67. The summed E-state index contributed by atoms with van der Waals surface area (Å²) in [6, 6.07) is 10.7. The first kappa shape index (κ1) is 10.5. The zero-order valence-corrected chi connectivity index (χ0v) is 9.79. The Kier molecular flexibility index (Phi) is 3.28. The molecule has 15 heavy (non-hydrogen) atoms. The molecule has 4 heteroatoms. The molecule has 3 nitrogen and oxygen atoms in total. The lowest BCUT2D eigenvalue weighted by atomic mass is 10.1. The van der Waals surface area contributed by atoms with Gasteiger partial charge in [0.2, 0.25) is 0 Å². The van der Waals surface area contributed by atoms with Crippen LogP contribution in [0.3, 0.4) is 0 Å². The van der Waals surface area contributed by atoms with E-state index in [4.69, 9.17) is 0 Å². The SMILES string of the molecule is CN(C)NC1=NC(c2ccccc2)CS1. The van der Waals surface area contributed by atoms with Crippen molar-refractivity contribution < 1.29 is 0 Å². The molecule has 0 spiro atoms. The van der Waals surface area contributed by atoms with Crippen LogP contribution in [0.15, 0.2) is 35.3 Å². The molecule has 80 valence electrons. The maximum Gasteiger partial charge on any atom is 0.171 e. The zero-order valence-electron chi connectivity index (χ0n) is 8.97. The fourth-order valence-corrected chi connectivity index (χ4v) is 2.50. The van der Waals surface area contributed by atoms with Crippen molar-refractivity contribution in [1.29, 1.82) is 0 Å². The van der Waals surface area contributed by atoms with Gasteiger partial charge >= 0.3 is 0 Å². The van der Waals surface area contributed by atoms with E-state index < -0.39 is 0 Å². The molecule has 1 heterocycles. The van der Waals surface area contributed by atoms with Gasteiger partial charge in [-0.3, -0.25) is 10.4 Å². The van der Waals surface area contributed by atoms with Crippen LogP contribution < -0.4 is 5.43 Å². The van der Waals surface area contributed by atoms with E-state index in [1.807, 2.05) is 25.2 Å². The number of hydrogen-bond acceptors (Lipinski definition) is 4. The maximum atomic E-state index is 4.63. The Hall–Kier alpha value is -1.00. The van der Waals surface area contributed by atoms with Gasteiger partial charge in [-0.15, -0.1) is 0 Å². The summed E-state index contributed by atoms with van der Waals surface area (Å²) >= 11 is 1.77.